The Kier molecular flexibility index (Phi) is 4.09. The predicted molar refractivity (Wildman–Crippen MR) is 70.6 cm³/mol. The Morgan fingerprint density at radius 1 is 1.44 bits per heavy atom. The molecule has 2 N–H and O–H groups in total. The van der Waals surface area contributed by atoms with Gasteiger partial charge in [-0.3, -0.25) is 0 Å². The van der Waals surface area contributed by atoms with Crippen LogP contribution in [0.3, 0.4) is 0 Å². The molecule has 102 valence electrons. The van der Waals surface area contributed by atoms with Crippen molar-refractivity contribution in [3.8, 4) is 0 Å². The second-order valence-electron chi connectivity index (χ2n) is 5.71. The third-order valence-electron chi connectivity index (χ3n) is 3.61. The highest BCUT2D eigenvalue weighted by molar-refractivity contribution is 5.83. The topological polar surface area (TPSA) is 62.7 Å². The van der Waals surface area contributed by atoms with Crippen LogP contribution in [-0.2, 0) is 4.84 Å². The molecule has 5 heteroatoms. The molecule has 0 radical (unpaired) electrons. The van der Waals surface area contributed by atoms with Gasteiger partial charge in [-0.1, -0.05) is 24.4 Å². The maximum Gasteiger partial charge on any atom is 0.315 e. The second-order valence-corrected chi connectivity index (χ2v) is 5.71. The fourth-order valence-corrected chi connectivity index (χ4v) is 2.64. The first-order chi connectivity index (χ1) is 8.57. The smallest absolute Gasteiger partial charge is 0.315 e. The number of urea groups is 1. The zero-order valence-corrected chi connectivity index (χ0v) is 11.3. The highest BCUT2D eigenvalue weighted by Gasteiger charge is 2.33. The molecule has 1 aliphatic heterocycles. The number of amides is 2. The number of hydrogen-bond donors (Lipinski definition) is 2. The summed E-state index contributed by atoms with van der Waals surface area (Å²) < 4.78 is 0. The minimum atomic E-state index is -0.381. The summed E-state index contributed by atoms with van der Waals surface area (Å²) >= 11 is 0. The monoisotopic (exact) mass is 253 g/mol. The van der Waals surface area contributed by atoms with Crippen LogP contribution in [0.15, 0.2) is 5.16 Å². The van der Waals surface area contributed by atoms with Gasteiger partial charge in [-0.25, -0.2) is 4.79 Å². The molecule has 1 heterocycles. The van der Waals surface area contributed by atoms with E-state index in [1.165, 1.54) is 19.3 Å². The van der Waals surface area contributed by atoms with E-state index in [2.05, 4.69) is 15.8 Å². The van der Waals surface area contributed by atoms with Crippen molar-refractivity contribution in [2.24, 2.45) is 5.16 Å². The first-order valence-electron chi connectivity index (χ1n) is 6.83. The van der Waals surface area contributed by atoms with E-state index in [1.807, 2.05) is 13.8 Å². The average molecular weight is 253 g/mol. The van der Waals surface area contributed by atoms with Crippen LogP contribution in [0.2, 0.25) is 0 Å². The van der Waals surface area contributed by atoms with E-state index < -0.39 is 0 Å². The van der Waals surface area contributed by atoms with Gasteiger partial charge in [0.05, 0.1) is 12.3 Å². The number of oxime groups is 1. The van der Waals surface area contributed by atoms with Gasteiger partial charge in [0, 0.05) is 12.5 Å². The fourth-order valence-electron chi connectivity index (χ4n) is 2.64. The van der Waals surface area contributed by atoms with Gasteiger partial charge in [-0.05, 0) is 26.7 Å². The molecule has 1 saturated carbocycles. The lowest BCUT2D eigenvalue weighted by Crippen LogP contribution is -2.48. The summed E-state index contributed by atoms with van der Waals surface area (Å²) in [6, 6.07) is 0.255. The van der Waals surface area contributed by atoms with Gasteiger partial charge >= 0.3 is 6.03 Å². The lowest BCUT2D eigenvalue weighted by molar-refractivity contribution is -0.000461. The maximum atomic E-state index is 11.8. The minimum absolute atomic E-state index is 0.0868. The van der Waals surface area contributed by atoms with Crippen LogP contribution in [0.1, 0.15) is 52.4 Å². The van der Waals surface area contributed by atoms with Crippen molar-refractivity contribution < 1.29 is 9.63 Å². The van der Waals surface area contributed by atoms with Crippen molar-refractivity contribution in [3.05, 3.63) is 0 Å². The van der Waals surface area contributed by atoms with Crippen molar-refractivity contribution in [2.45, 2.75) is 64.0 Å². The molecule has 1 fully saturated rings. The summed E-state index contributed by atoms with van der Waals surface area (Å²) in [4.78, 5) is 17.1. The highest BCUT2D eigenvalue weighted by Crippen LogP contribution is 2.22. The van der Waals surface area contributed by atoms with Gasteiger partial charge in [-0.2, -0.15) is 0 Å². The fraction of sp³-hybridized carbons (Fsp3) is 0.846. The number of carbonyl (C=O) groups is 1. The van der Waals surface area contributed by atoms with E-state index in [1.54, 1.807) is 0 Å². The summed E-state index contributed by atoms with van der Waals surface area (Å²) in [7, 11) is 0. The Bertz CT molecular complexity index is 337. The summed E-state index contributed by atoms with van der Waals surface area (Å²) in [6.07, 6.45) is 6.71. The molecule has 1 aliphatic carbocycles. The first kappa shape index (κ1) is 13.2. The Labute approximate surface area is 108 Å². The standard InChI is InChI=1S/C13H23N3O2/c1-10-8-13(2,18-16-10)9-14-12(17)15-11-6-4-3-5-7-11/h11H,3-9H2,1-2H3,(H2,14,15,17)/t13-/m1/s1. The van der Waals surface area contributed by atoms with Crippen LogP contribution in [0.4, 0.5) is 4.79 Å². The zero-order valence-electron chi connectivity index (χ0n) is 11.3. The second kappa shape index (κ2) is 5.59. The van der Waals surface area contributed by atoms with E-state index >= 15 is 0 Å². The maximum absolute atomic E-state index is 11.8. The van der Waals surface area contributed by atoms with Crippen LogP contribution in [-0.4, -0.2) is 29.9 Å². The number of carbonyl (C=O) groups excluding carboxylic acids is 1. The van der Waals surface area contributed by atoms with Gasteiger partial charge in [0.1, 0.15) is 0 Å². The molecule has 0 bridgehead atoms. The summed E-state index contributed by atoms with van der Waals surface area (Å²) in [5, 5.41) is 9.84. The lowest BCUT2D eigenvalue weighted by atomic mass is 9.96. The van der Waals surface area contributed by atoms with E-state index in [-0.39, 0.29) is 11.6 Å². The van der Waals surface area contributed by atoms with Crippen LogP contribution < -0.4 is 10.6 Å². The van der Waals surface area contributed by atoms with Gasteiger partial charge in [0.15, 0.2) is 5.60 Å². The van der Waals surface area contributed by atoms with Crippen molar-refractivity contribution in [1.82, 2.24) is 10.6 Å². The molecule has 0 aromatic heterocycles. The first-order valence-corrected chi connectivity index (χ1v) is 6.83. The SMILES string of the molecule is CC1=NO[C@@](C)(CNC(=O)NC2CCCCC2)C1. The molecule has 0 aromatic carbocycles. The van der Waals surface area contributed by atoms with Crippen molar-refractivity contribution >= 4 is 11.7 Å². The highest BCUT2D eigenvalue weighted by atomic mass is 16.7. The van der Waals surface area contributed by atoms with Crippen LogP contribution >= 0.6 is 0 Å². The lowest BCUT2D eigenvalue weighted by Gasteiger charge is -2.25. The molecule has 2 rings (SSSR count). The van der Waals surface area contributed by atoms with E-state index in [0.29, 0.717) is 12.6 Å². The molecule has 0 saturated heterocycles. The van der Waals surface area contributed by atoms with E-state index in [9.17, 15) is 4.79 Å². The Hall–Kier alpha value is -1.26. The van der Waals surface area contributed by atoms with Crippen LogP contribution in [0.25, 0.3) is 0 Å². The Morgan fingerprint density at radius 3 is 2.78 bits per heavy atom. The molecule has 2 aliphatic rings. The molecule has 5 nitrogen and oxygen atoms in total. The van der Waals surface area contributed by atoms with Crippen molar-refractivity contribution in [1.29, 1.82) is 0 Å². The molecule has 2 amide bonds. The summed E-state index contributed by atoms with van der Waals surface area (Å²) in [6.45, 7) is 4.40. The van der Waals surface area contributed by atoms with Gasteiger partial charge in [0.25, 0.3) is 0 Å². The number of nitrogens with one attached hydrogen (secondary N) is 2. The molecule has 0 spiro atoms. The predicted octanol–water partition coefficient (Wildman–Crippen LogP) is 2.17. The molecule has 0 aromatic rings. The molecule has 0 unspecified atom stereocenters. The Morgan fingerprint density at radius 2 is 2.17 bits per heavy atom. The third-order valence-corrected chi connectivity index (χ3v) is 3.61. The van der Waals surface area contributed by atoms with Crippen molar-refractivity contribution in [3.63, 3.8) is 0 Å². The van der Waals surface area contributed by atoms with Crippen LogP contribution in [0, 0.1) is 0 Å². The van der Waals surface area contributed by atoms with Gasteiger partial charge < -0.3 is 15.5 Å². The zero-order chi connectivity index (χ0) is 13.0. The quantitative estimate of drug-likeness (QED) is 0.809. The van der Waals surface area contributed by atoms with Crippen molar-refractivity contribution in [2.75, 3.05) is 6.54 Å². The Balaban J connectivity index is 1.68. The largest absolute Gasteiger partial charge is 0.387 e. The number of hydrogen-bond acceptors (Lipinski definition) is 3. The molecule has 18 heavy (non-hydrogen) atoms. The van der Waals surface area contributed by atoms with E-state index in [4.69, 9.17) is 4.84 Å². The number of rotatable bonds is 3. The normalized spacial score (nSPS) is 28.4. The molecule has 1 atom stereocenters. The molecular weight excluding hydrogens is 230 g/mol. The van der Waals surface area contributed by atoms with Gasteiger partial charge in [-0.15, -0.1) is 0 Å². The minimum Gasteiger partial charge on any atom is -0.387 e. The third kappa shape index (κ3) is 3.62. The van der Waals surface area contributed by atoms with Gasteiger partial charge in [0.2, 0.25) is 0 Å². The molecular formula is C13H23N3O2. The van der Waals surface area contributed by atoms with E-state index in [0.717, 1.165) is 25.0 Å². The summed E-state index contributed by atoms with van der Waals surface area (Å²) in [5.74, 6) is 0. The summed E-state index contributed by atoms with van der Waals surface area (Å²) in [5.41, 5.74) is 0.598. The van der Waals surface area contributed by atoms with Crippen LogP contribution in [0.5, 0.6) is 0 Å². The average Bonchev–Trinajstić information content (AvgIpc) is 2.69. The number of nitrogens with zero attached hydrogens (tertiary/aromatic N) is 1.